The molecule has 1 saturated carbocycles. The molecular formula is C17H17Cl2N5OS. The van der Waals surface area contributed by atoms with Crippen molar-refractivity contribution in [1.82, 2.24) is 24.5 Å². The van der Waals surface area contributed by atoms with Crippen LogP contribution >= 0.6 is 35.0 Å². The number of hydrogen-bond donors (Lipinski definition) is 0. The number of aromatic nitrogens is 5. The van der Waals surface area contributed by atoms with Gasteiger partial charge in [0, 0.05) is 18.8 Å². The molecule has 0 atom stereocenters. The van der Waals surface area contributed by atoms with Crippen molar-refractivity contribution < 1.29 is 4.74 Å². The van der Waals surface area contributed by atoms with Crippen LogP contribution in [0.15, 0.2) is 35.5 Å². The first kappa shape index (κ1) is 17.7. The zero-order chi connectivity index (χ0) is 18.1. The molecule has 1 fully saturated rings. The highest BCUT2D eigenvalue weighted by atomic mass is 35.5. The first-order valence-corrected chi connectivity index (χ1v) is 9.98. The third kappa shape index (κ3) is 3.84. The molecule has 1 aliphatic carbocycles. The number of para-hydroxylation sites is 1. The number of halogens is 2. The van der Waals surface area contributed by atoms with Crippen LogP contribution in [0.5, 0.6) is 5.75 Å². The maximum atomic E-state index is 6.15. The van der Waals surface area contributed by atoms with E-state index in [4.69, 9.17) is 27.9 Å². The number of hydrogen-bond acceptors (Lipinski definition) is 5. The Morgan fingerprint density at radius 2 is 2.04 bits per heavy atom. The van der Waals surface area contributed by atoms with E-state index in [-0.39, 0.29) is 0 Å². The van der Waals surface area contributed by atoms with Crippen molar-refractivity contribution in [1.29, 1.82) is 0 Å². The van der Waals surface area contributed by atoms with Crippen LogP contribution in [0.2, 0.25) is 10.2 Å². The third-order valence-electron chi connectivity index (χ3n) is 4.06. The Balaban J connectivity index is 1.47. The number of benzene rings is 1. The fourth-order valence-electron chi connectivity index (χ4n) is 2.62. The summed E-state index contributed by atoms with van der Waals surface area (Å²) in [5, 5.41) is 15.2. The molecule has 136 valence electrons. The van der Waals surface area contributed by atoms with Crippen LogP contribution < -0.4 is 4.74 Å². The van der Waals surface area contributed by atoms with E-state index in [1.165, 1.54) is 0 Å². The summed E-state index contributed by atoms with van der Waals surface area (Å²) in [6.45, 7) is 0.337. The maximum Gasteiger partial charge on any atom is 0.191 e. The molecule has 0 unspecified atom stereocenters. The standard InChI is InChI=1S/C17H17Cl2N5OS/c1-23-15(19)8-11(22-23)10-26-17-21-20-16(24(17)12-6-7-12)9-25-14-5-3-2-4-13(14)18/h2-5,8,12H,6-7,9-10H2,1H3. The van der Waals surface area contributed by atoms with Gasteiger partial charge in [-0.2, -0.15) is 5.10 Å². The quantitative estimate of drug-likeness (QED) is 0.536. The Labute approximate surface area is 165 Å². The highest BCUT2D eigenvalue weighted by Crippen LogP contribution is 2.39. The zero-order valence-electron chi connectivity index (χ0n) is 14.1. The third-order valence-corrected chi connectivity index (χ3v) is 5.71. The minimum atomic E-state index is 0.337. The molecular weight excluding hydrogens is 393 g/mol. The second kappa shape index (κ2) is 7.50. The molecule has 4 rings (SSSR count). The highest BCUT2D eigenvalue weighted by molar-refractivity contribution is 7.98. The van der Waals surface area contributed by atoms with E-state index in [1.54, 1.807) is 16.4 Å². The van der Waals surface area contributed by atoms with Gasteiger partial charge in [-0.1, -0.05) is 47.1 Å². The second-order valence-corrected chi connectivity index (χ2v) is 7.83. The van der Waals surface area contributed by atoms with E-state index in [0.29, 0.717) is 34.3 Å². The lowest BCUT2D eigenvalue weighted by atomic mass is 10.3. The molecule has 26 heavy (non-hydrogen) atoms. The van der Waals surface area contributed by atoms with Gasteiger partial charge in [0.2, 0.25) is 0 Å². The molecule has 0 N–H and O–H groups in total. The summed E-state index contributed by atoms with van der Waals surface area (Å²) >= 11 is 13.8. The van der Waals surface area contributed by atoms with Crippen LogP contribution in [-0.4, -0.2) is 24.5 Å². The van der Waals surface area contributed by atoms with Gasteiger partial charge in [0.05, 0.1) is 10.7 Å². The lowest BCUT2D eigenvalue weighted by molar-refractivity contribution is 0.288. The summed E-state index contributed by atoms with van der Waals surface area (Å²) in [7, 11) is 1.83. The Hall–Kier alpha value is -1.70. The molecule has 1 aliphatic rings. The molecule has 9 heteroatoms. The number of nitrogens with zero attached hydrogens (tertiary/aromatic N) is 5. The molecule has 2 aromatic heterocycles. The Kier molecular flexibility index (Phi) is 5.11. The van der Waals surface area contributed by atoms with Crippen molar-refractivity contribution in [2.24, 2.45) is 7.05 Å². The van der Waals surface area contributed by atoms with Crippen molar-refractivity contribution in [2.45, 2.75) is 36.4 Å². The lowest BCUT2D eigenvalue weighted by Gasteiger charge is -2.10. The molecule has 2 heterocycles. The molecule has 0 spiro atoms. The molecule has 0 aliphatic heterocycles. The minimum absolute atomic E-state index is 0.337. The first-order chi connectivity index (χ1) is 12.6. The van der Waals surface area contributed by atoms with E-state index in [0.717, 1.165) is 29.5 Å². The topological polar surface area (TPSA) is 57.8 Å². The predicted octanol–water partition coefficient (Wildman–Crippen LogP) is 4.52. The van der Waals surface area contributed by atoms with Gasteiger partial charge in [-0.25, -0.2) is 0 Å². The van der Waals surface area contributed by atoms with Crippen molar-refractivity contribution in [3.63, 3.8) is 0 Å². The Morgan fingerprint density at radius 1 is 1.23 bits per heavy atom. The van der Waals surface area contributed by atoms with Crippen molar-refractivity contribution in [3.8, 4) is 5.75 Å². The van der Waals surface area contributed by atoms with Gasteiger partial charge >= 0.3 is 0 Å². The molecule has 1 aromatic carbocycles. The summed E-state index contributed by atoms with van der Waals surface area (Å²) in [6, 6.07) is 9.74. The van der Waals surface area contributed by atoms with E-state index in [2.05, 4.69) is 19.9 Å². The van der Waals surface area contributed by atoms with Gasteiger partial charge < -0.3 is 4.74 Å². The predicted molar refractivity (Wildman–Crippen MR) is 102 cm³/mol. The molecule has 0 saturated heterocycles. The van der Waals surface area contributed by atoms with E-state index < -0.39 is 0 Å². The second-order valence-electron chi connectivity index (χ2n) is 6.09. The number of thioether (sulfide) groups is 1. The number of aryl methyl sites for hydroxylation is 1. The van der Waals surface area contributed by atoms with Crippen LogP contribution in [0.1, 0.15) is 30.4 Å². The van der Waals surface area contributed by atoms with Crippen molar-refractivity contribution >= 4 is 35.0 Å². The van der Waals surface area contributed by atoms with Crippen LogP contribution in [0.4, 0.5) is 0 Å². The van der Waals surface area contributed by atoms with E-state index >= 15 is 0 Å². The number of ether oxygens (including phenoxy) is 1. The van der Waals surface area contributed by atoms with Gasteiger partial charge in [-0.15, -0.1) is 10.2 Å². The molecule has 3 aromatic rings. The summed E-state index contributed by atoms with van der Waals surface area (Å²) in [5.41, 5.74) is 0.918. The summed E-state index contributed by atoms with van der Waals surface area (Å²) < 4.78 is 9.67. The van der Waals surface area contributed by atoms with E-state index in [9.17, 15) is 0 Å². The molecule has 0 amide bonds. The highest BCUT2D eigenvalue weighted by Gasteiger charge is 2.30. The smallest absolute Gasteiger partial charge is 0.191 e. The average Bonchev–Trinajstić information content (AvgIpc) is 3.30. The summed E-state index contributed by atoms with van der Waals surface area (Å²) in [5.74, 6) is 2.15. The average molecular weight is 410 g/mol. The van der Waals surface area contributed by atoms with Gasteiger partial charge in [-0.3, -0.25) is 9.25 Å². The van der Waals surface area contributed by atoms with Crippen LogP contribution in [-0.2, 0) is 19.4 Å². The minimum Gasteiger partial charge on any atom is -0.484 e. The fraction of sp³-hybridized carbons (Fsp3) is 0.353. The monoisotopic (exact) mass is 409 g/mol. The molecule has 0 bridgehead atoms. The van der Waals surface area contributed by atoms with Crippen LogP contribution in [0.25, 0.3) is 0 Å². The van der Waals surface area contributed by atoms with Crippen LogP contribution in [0, 0.1) is 0 Å². The molecule has 6 nitrogen and oxygen atoms in total. The normalized spacial score (nSPS) is 14.0. The maximum absolute atomic E-state index is 6.15. The first-order valence-electron chi connectivity index (χ1n) is 8.24. The van der Waals surface area contributed by atoms with Crippen molar-refractivity contribution in [2.75, 3.05) is 0 Å². The van der Waals surface area contributed by atoms with Gasteiger partial charge in [0.1, 0.15) is 17.5 Å². The van der Waals surface area contributed by atoms with Gasteiger partial charge in [-0.05, 0) is 31.0 Å². The van der Waals surface area contributed by atoms with E-state index in [1.807, 2.05) is 37.4 Å². The van der Waals surface area contributed by atoms with Crippen molar-refractivity contribution in [3.05, 3.63) is 52.0 Å². The van der Waals surface area contributed by atoms with Gasteiger partial charge in [0.15, 0.2) is 11.0 Å². The zero-order valence-corrected chi connectivity index (χ0v) is 16.4. The fourth-order valence-corrected chi connectivity index (χ4v) is 3.88. The number of rotatable bonds is 7. The molecule has 0 radical (unpaired) electrons. The SMILES string of the molecule is Cn1nc(CSc2nnc(COc3ccccc3Cl)n2C2CC2)cc1Cl. The largest absolute Gasteiger partial charge is 0.484 e. The van der Waals surface area contributed by atoms with Gasteiger partial charge in [0.25, 0.3) is 0 Å². The Morgan fingerprint density at radius 3 is 2.73 bits per heavy atom. The lowest BCUT2D eigenvalue weighted by Crippen LogP contribution is -2.07. The summed E-state index contributed by atoms with van der Waals surface area (Å²) in [4.78, 5) is 0. The summed E-state index contributed by atoms with van der Waals surface area (Å²) in [6.07, 6.45) is 2.28. The van der Waals surface area contributed by atoms with Crippen LogP contribution in [0.3, 0.4) is 0 Å². The Bertz CT molecular complexity index is 902.